The maximum absolute atomic E-state index is 6.02. The zero-order valence-electron chi connectivity index (χ0n) is 15.6. The van der Waals surface area contributed by atoms with Gasteiger partial charge in [0.2, 0.25) is 5.11 Å². The van der Waals surface area contributed by atoms with E-state index in [0.717, 1.165) is 27.9 Å². The molecule has 0 bridgehead atoms. The summed E-state index contributed by atoms with van der Waals surface area (Å²) in [4.78, 5) is 8.74. The Hall–Kier alpha value is -2.90. The molecule has 0 radical (unpaired) electrons. The van der Waals surface area contributed by atoms with Gasteiger partial charge in [-0.3, -0.25) is 15.8 Å². The van der Waals surface area contributed by atoms with Gasteiger partial charge in [0.05, 0.1) is 25.4 Å². The van der Waals surface area contributed by atoms with E-state index in [1.54, 1.807) is 26.5 Å². The minimum atomic E-state index is 0.297. The molecule has 0 spiro atoms. The number of nitrogens with zero attached hydrogens (tertiary/aromatic N) is 2. The molecule has 0 amide bonds. The Morgan fingerprint density at radius 2 is 1.86 bits per heavy atom. The first-order chi connectivity index (χ1) is 13.5. The fourth-order valence-electron chi connectivity index (χ4n) is 2.66. The normalized spacial score (nSPS) is 11.2. The van der Waals surface area contributed by atoms with Crippen LogP contribution in [0.15, 0.2) is 53.7 Å². The minimum absolute atomic E-state index is 0.297. The average molecular weight is 415 g/mol. The van der Waals surface area contributed by atoms with Crippen LogP contribution in [0.5, 0.6) is 11.5 Å². The van der Waals surface area contributed by atoms with Gasteiger partial charge in [0.25, 0.3) is 0 Å². The zero-order chi connectivity index (χ0) is 20.1. The molecule has 3 rings (SSSR count). The summed E-state index contributed by atoms with van der Waals surface area (Å²) in [5, 5.41) is 1.85. The van der Waals surface area contributed by atoms with Crippen molar-refractivity contribution in [2.45, 2.75) is 6.92 Å². The zero-order valence-corrected chi connectivity index (χ0v) is 17.2. The van der Waals surface area contributed by atoms with Crippen LogP contribution in [-0.4, -0.2) is 30.0 Å². The summed E-state index contributed by atoms with van der Waals surface area (Å²) < 4.78 is 10.6. The Balaban J connectivity index is 1.73. The van der Waals surface area contributed by atoms with E-state index in [9.17, 15) is 0 Å². The molecular formula is C20H19ClN4O2S. The molecule has 1 aromatic heterocycles. The van der Waals surface area contributed by atoms with Gasteiger partial charge in [-0.1, -0.05) is 11.6 Å². The Kier molecular flexibility index (Phi) is 6.28. The molecule has 2 aromatic carbocycles. The van der Waals surface area contributed by atoms with Crippen LogP contribution in [-0.2, 0) is 0 Å². The van der Waals surface area contributed by atoms with Gasteiger partial charge in [0.15, 0.2) is 11.5 Å². The van der Waals surface area contributed by atoms with Crippen LogP contribution in [0, 0.1) is 0 Å². The van der Waals surface area contributed by atoms with Crippen LogP contribution in [0.2, 0.25) is 5.02 Å². The summed E-state index contributed by atoms with van der Waals surface area (Å²) in [6.45, 7) is 1.87. The fraction of sp³-hybridized carbons (Fsp3) is 0.150. The first kappa shape index (κ1) is 19.9. The lowest BCUT2D eigenvalue weighted by molar-refractivity contribution is 0.355. The standard InChI is InChI=1S/C20H19ClN4O2S/c1-12(13-4-7-18(26-2)19(10-13)27-3)23-20(28)25-24-16-8-9-22-17-11-14(21)5-6-15(16)17/h4-11H,1-3H3,(H,22,24)(H,25,28)/b23-12+. The largest absolute Gasteiger partial charge is 0.493 e. The molecule has 0 saturated carbocycles. The number of halogens is 1. The number of fused-ring (bicyclic) bond motifs is 1. The van der Waals surface area contributed by atoms with Gasteiger partial charge in [-0.2, -0.15) is 0 Å². The highest BCUT2D eigenvalue weighted by Gasteiger charge is 2.07. The summed E-state index contributed by atoms with van der Waals surface area (Å²) in [7, 11) is 3.19. The van der Waals surface area contributed by atoms with Gasteiger partial charge in [0.1, 0.15) is 0 Å². The van der Waals surface area contributed by atoms with E-state index in [1.807, 2.05) is 43.3 Å². The summed E-state index contributed by atoms with van der Waals surface area (Å²) >= 11 is 11.4. The first-order valence-electron chi connectivity index (χ1n) is 8.39. The smallest absolute Gasteiger partial charge is 0.211 e. The lowest BCUT2D eigenvalue weighted by Gasteiger charge is -2.12. The number of thiocarbonyl (C=S) groups is 1. The van der Waals surface area contributed by atoms with Gasteiger partial charge in [0, 0.05) is 22.3 Å². The molecule has 8 heteroatoms. The summed E-state index contributed by atoms with van der Waals surface area (Å²) in [6, 6.07) is 12.9. The fourth-order valence-corrected chi connectivity index (χ4v) is 3.01. The first-order valence-corrected chi connectivity index (χ1v) is 9.18. The van der Waals surface area contributed by atoms with Gasteiger partial charge in [-0.15, -0.1) is 0 Å². The number of methoxy groups -OCH3 is 2. The van der Waals surface area contributed by atoms with Crippen molar-refractivity contribution in [3.8, 4) is 11.5 Å². The SMILES string of the molecule is COc1ccc(/C(C)=N/C(=S)NNc2ccnc3cc(Cl)ccc23)cc1OC. The van der Waals surface area contributed by atoms with Crippen molar-refractivity contribution in [3.63, 3.8) is 0 Å². The predicted octanol–water partition coefficient (Wildman–Crippen LogP) is 4.62. The highest BCUT2D eigenvalue weighted by atomic mass is 35.5. The second-order valence-electron chi connectivity index (χ2n) is 5.84. The molecule has 0 aliphatic carbocycles. The van der Waals surface area contributed by atoms with Crippen molar-refractivity contribution in [1.29, 1.82) is 0 Å². The van der Waals surface area contributed by atoms with E-state index in [0.29, 0.717) is 21.6 Å². The number of aliphatic imine (C=N–C) groups is 1. The van der Waals surface area contributed by atoms with Crippen LogP contribution in [0.3, 0.4) is 0 Å². The minimum Gasteiger partial charge on any atom is -0.493 e. The van der Waals surface area contributed by atoms with E-state index in [1.165, 1.54) is 0 Å². The van der Waals surface area contributed by atoms with Crippen molar-refractivity contribution in [3.05, 3.63) is 59.2 Å². The van der Waals surface area contributed by atoms with E-state index in [-0.39, 0.29) is 0 Å². The molecule has 2 N–H and O–H groups in total. The molecule has 144 valence electrons. The number of nitrogens with one attached hydrogen (secondary N) is 2. The average Bonchev–Trinajstić information content (AvgIpc) is 2.71. The highest BCUT2D eigenvalue weighted by Crippen LogP contribution is 2.28. The molecule has 0 saturated heterocycles. The third kappa shape index (κ3) is 4.49. The third-order valence-electron chi connectivity index (χ3n) is 4.08. The molecular weight excluding hydrogens is 396 g/mol. The second kappa shape index (κ2) is 8.86. The molecule has 6 nitrogen and oxygen atoms in total. The molecule has 0 aliphatic heterocycles. The highest BCUT2D eigenvalue weighted by molar-refractivity contribution is 7.80. The molecule has 0 fully saturated rings. The number of ether oxygens (including phenoxy) is 2. The summed E-state index contributed by atoms with van der Waals surface area (Å²) in [5.74, 6) is 1.29. The summed E-state index contributed by atoms with van der Waals surface area (Å²) in [6.07, 6.45) is 1.70. The van der Waals surface area contributed by atoms with Crippen molar-refractivity contribution in [2.24, 2.45) is 4.99 Å². The maximum Gasteiger partial charge on any atom is 0.211 e. The van der Waals surface area contributed by atoms with Crippen LogP contribution < -0.4 is 20.3 Å². The number of anilines is 1. The van der Waals surface area contributed by atoms with Crippen molar-refractivity contribution in [1.82, 2.24) is 10.4 Å². The summed E-state index contributed by atoms with van der Waals surface area (Å²) in [5.41, 5.74) is 9.25. The van der Waals surface area contributed by atoms with Crippen LogP contribution >= 0.6 is 23.8 Å². The molecule has 3 aromatic rings. The monoisotopic (exact) mass is 414 g/mol. The number of hydrogen-bond donors (Lipinski definition) is 2. The van der Waals surface area contributed by atoms with Crippen LogP contribution in [0.1, 0.15) is 12.5 Å². The third-order valence-corrected chi connectivity index (χ3v) is 4.51. The van der Waals surface area contributed by atoms with Crippen molar-refractivity contribution >= 4 is 51.2 Å². The van der Waals surface area contributed by atoms with Crippen molar-refractivity contribution < 1.29 is 9.47 Å². The predicted molar refractivity (Wildman–Crippen MR) is 118 cm³/mol. The number of aromatic nitrogens is 1. The van der Waals surface area contributed by atoms with E-state index < -0.39 is 0 Å². The molecule has 0 atom stereocenters. The van der Waals surface area contributed by atoms with E-state index in [4.69, 9.17) is 33.3 Å². The van der Waals surface area contributed by atoms with Crippen LogP contribution in [0.25, 0.3) is 10.9 Å². The molecule has 1 heterocycles. The lowest BCUT2D eigenvalue weighted by atomic mass is 10.1. The van der Waals surface area contributed by atoms with Gasteiger partial charge < -0.3 is 9.47 Å². The number of rotatable bonds is 5. The van der Waals surface area contributed by atoms with Crippen molar-refractivity contribution in [2.75, 3.05) is 19.6 Å². The van der Waals surface area contributed by atoms with Crippen LogP contribution in [0.4, 0.5) is 5.69 Å². The molecule has 0 aliphatic rings. The van der Waals surface area contributed by atoms with Gasteiger partial charge in [-0.25, -0.2) is 4.99 Å². The second-order valence-corrected chi connectivity index (χ2v) is 6.67. The Bertz CT molecular complexity index is 1060. The molecule has 0 unspecified atom stereocenters. The van der Waals surface area contributed by atoms with Gasteiger partial charge in [-0.05, 0) is 67.2 Å². The number of hydrazine groups is 1. The number of pyridine rings is 1. The molecule has 28 heavy (non-hydrogen) atoms. The van der Waals surface area contributed by atoms with E-state index in [2.05, 4.69) is 20.8 Å². The topological polar surface area (TPSA) is 67.8 Å². The lowest BCUT2D eigenvalue weighted by Crippen LogP contribution is -2.27. The Morgan fingerprint density at radius 1 is 1.07 bits per heavy atom. The quantitative estimate of drug-likeness (QED) is 0.361. The Labute approximate surface area is 173 Å². The van der Waals surface area contributed by atoms with Gasteiger partial charge >= 0.3 is 0 Å². The number of hydrogen-bond acceptors (Lipinski definition) is 5. The number of benzene rings is 2. The maximum atomic E-state index is 6.02. The van der Waals surface area contributed by atoms with E-state index >= 15 is 0 Å². The Morgan fingerprint density at radius 3 is 2.61 bits per heavy atom.